The molecule has 9 heteroatoms. The van der Waals surface area contributed by atoms with Gasteiger partial charge in [0, 0.05) is 13.1 Å². The van der Waals surface area contributed by atoms with Gasteiger partial charge in [0.1, 0.15) is 18.5 Å². The highest BCUT2D eigenvalue weighted by atomic mass is 19.1. The maximum atomic E-state index is 13.0. The standard InChI is InChI=1S/C18H22FN3O5/c1-2-26-16(23)9-20-17(24)21-10-14-15(11-21)27-18(25)22(14)8-7-12-3-5-13(19)6-4-12/h3-6,14-15H,2,7-11H2,1H3,(H,20,24)/t14-,15+/m0/s1. The Kier molecular flexibility index (Phi) is 5.78. The van der Waals surface area contributed by atoms with Crippen LogP contribution in [0.4, 0.5) is 14.0 Å². The normalized spacial score (nSPS) is 21.0. The predicted molar refractivity (Wildman–Crippen MR) is 92.5 cm³/mol. The van der Waals surface area contributed by atoms with Crippen LogP contribution in [0, 0.1) is 5.82 Å². The van der Waals surface area contributed by atoms with Gasteiger partial charge in [-0.1, -0.05) is 12.1 Å². The van der Waals surface area contributed by atoms with E-state index in [-0.39, 0.29) is 37.7 Å². The fourth-order valence-electron chi connectivity index (χ4n) is 3.30. The molecule has 0 aliphatic carbocycles. The van der Waals surface area contributed by atoms with E-state index in [1.165, 1.54) is 17.0 Å². The Balaban J connectivity index is 1.52. The minimum atomic E-state index is -0.502. The summed E-state index contributed by atoms with van der Waals surface area (Å²) in [6.45, 7) is 2.76. The molecule has 2 heterocycles. The van der Waals surface area contributed by atoms with Gasteiger partial charge in [-0.2, -0.15) is 0 Å². The Morgan fingerprint density at radius 3 is 2.74 bits per heavy atom. The van der Waals surface area contributed by atoms with E-state index in [9.17, 15) is 18.8 Å². The second-order valence-corrected chi connectivity index (χ2v) is 6.43. The van der Waals surface area contributed by atoms with Crippen LogP contribution in [0.3, 0.4) is 0 Å². The number of urea groups is 1. The SMILES string of the molecule is CCOC(=O)CNC(=O)N1C[C@H]2OC(=O)N(CCc3ccc(F)cc3)[C@H]2C1. The first-order chi connectivity index (χ1) is 13.0. The highest BCUT2D eigenvalue weighted by molar-refractivity contribution is 5.81. The van der Waals surface area contributed by atoms with Gasteiger partial charge in [-0.25, -0.2) is 14.0 Å². The molecule has 27 heavy (non-hydrogen) atoms. The zero-order valence-corrected chi connectivity index (χ0v) is 15.0. The van der Waals surface area contributed by atoms with Gasteiger partial charge in [-0.15, -0.1) is 0 Å². The highest BCUT2D eigenvalue weighted by Crippen LogP contribution is 2.27. The van der Waals surface area contributed by atoms with Crippen molar-refractivity contribution in [2.24, 2.45) is 0 Å². The molecule has 2 aliphatic rings. The number of benzene rings is 1. The molecule has 1 aromatic rings. The lowest BCUT2D eigenvalue weighted by atomic mass is 10.1. The van der Waals surface area contributed by atoms with Crippen molar-refractivity contribution in [2.45, 2.75) is 25.5 Å². The van der Waals surface area contributed by atoms with E-state index in [1.807, 2.05) is 0 Å². The lowest BCUT2D eigenvalue weighted by molar-refractivity contribution is -0.141. The van der Waals surface area contributed by atoms with E-state index < -0.39 is 18.1 Å². The Hall–Kier alpha value is -2.84. The van der Waals surface area contributed by atoms with Crippen molar-refractivity contribution in [3.05, 3.63) is 35.6 Å². The Bertz CT molecular complexity index is 711. The summed E-state index contributed by atoms with van der Waals surface area (Å²) in [5, 5.41) is 2.51. The first-order valence-electron chi connectivity index (χ1n) is 8.88. The number of likely N-dealkylation sites (tertiary alicyclic amines) is 1. The molecule has 0 unspecified atom stereocenters. The smallest absolute Gasteiger partial charge is 0.410 e. The van der Waals surface area contributed by atoms with Crippen LogP contribution >= 0.6 is 0 Å². The predicted octanol–water partition coefficient (Wildman–Crippen LogP) is 1.15. The van der Waals surface area contributed by atoms with Crippen molar-refractivity contribution in [1.29, 1.82) is 0 Å². The molecule has 0 radical (unpaired) electrons. The number of esters is 1. The Morgan fingerprint density at radius 1 is 1.30 bits per heavy atom. The first-order valence-corrected chi connectivity index (χ1v) is 8.88. The van der Waals surface area contributed by atoms with E-state index >= 15 is 0 Å². The van der Waals surface area contributed by atoms with Crippen molar-refractivity contribution in [3.8, 4) is 0 Å². The van der Waals surface area contributed by atoms with Gasteiger partial charge in [0.05, 0.1) is 19.2 Å². The number of hydrogen-bond donors (Lipinski definition) is 1. The number of rotatable bonds is 6. The summed E-state index contributed by atoms with van der Waals surface area (Å²) >= 11 is 0. The summed E-state index contributed by atoms with van der Waals surface area (Å²) in [5.74, 6) is -0.808. The minimum absolute atomic E-state index is 0.202. The maximum Gasteiger partial charge on any atom is 0.410 e. The van der Waals surface area contributed by atoms with Crippen molar-refractivity contribution in [2.75, 3.05) is 32.8 Å². The van der Waals surface area contributed by atoms with Crippen molar-refractivity contribution < 1.29 is 28.2 Å². The van der Waals surface area contributed by atoms with Crippen LogP contribution in [0.2, 0.25) is 0 Å². The van der Waals surface area contributed by atoms with Gasteiger partial charge in [0.15, 0.2) is 0 Å². The van der Waals surface area contributed by atoms with E-state index in [0.717, 1.165) is 5.56 Å². The third-order valence-electron chi connectivity index (χ3n) is 4.66. The third-order valence-corrected chi connectivity index (χ3v) is 4.66. The number of halogens is 1. The summed E-state index contributed by atoms with van der Waals surface area (Å²) in [5.41, 5.74) is 0.912. The number of amides is 3. The van der Waals surface area contributed by atoms with Crippen LogP contribution in [-0.2, 0) is 20.7 Å². The molecular formula is C18H22FN3O5. The third kappa shape index (κ3) is 4.47. The lowest BCUT2D eigenvalue weighted by Gasteiger charge is -2.22. The molecule has 0 bridgehead atoms. The molecule has 0 aromatic heterocycles. The van der Waals surface area contributed by atoms with Gasteiger partial charge in [0.2, 0.25) is 0 Å². The summed E-state index contributed by atoms with van der Waals surface area (Å²) in [7, 11) is 0. The Labute approximate surface area is 156 Å². The van der Waals surface area contributed by atoms with Crippen molar-refractivity contribution in [1.82, 2.24) is 15.1 Å². The summed E-state index contributed by atoms with van der Waals surface area (Å²) < 4.78 is 23.1. The molecule has 3 amide bonds. The average Bonchev–Trinajstić information content (AvgIpc) is 3.17. The molecule has 1 aromatic carbocycles. The monoisotopic (exact) mass is 379 g/mol. The molecule has 0 saturated carbocycles. The van der Waals surface area contributed by atoms with E-state index in [4.69, 9.17) is 9.47 Å². The zero-order chi connectivity index (χ0) is 19.4. The molecular weight excluding hydrogens is 357 g/mol. The molecule has 8 nitrogen and oxygen atoms in total. The van der Waals surface area contributed by atoms with Crippen LogP contribution in [-0.4, -0.2) is 72.8 Å². The highest BCUT2D eigenvalue weighted by Gasteiger charge is 2.48. The van der Waals surface area contributed by atoms with Gasteiger partial charge in [-0.3, -0.25) is 9.69 Å². The first kappa shape index (κ1) is 18.9. The van der Waals surface area contributed by atoms with Gasteiger partial charge in [0.25, 0.3) is 0 Å². The number of carbonyl (C=O) groups excluding carboxylic acids is 3. The average molecular weight is 379 g/mol. The molecule has 2 atom stereocenters. The van der Waals surface area contributed by atoms with Gasteiger partial charge < -0.3 is 19.7 Å². The van der Waals surface area contributed by atoms with Crippen LogP contribution in [0.1, 0.15) is 12.5 Å². The number of fused-ring (bicyclic) bond motifs is 1. The fraction of sp³-hybridized carbons (Fsp3) is 0.500. The summed E-state index contributed by atoms with van der Waals surface area (Å²) in [6, 6.07) is 5.49. The Morgan fingerprint density at radius 2 is 2.04 bits per heavy atom. The zero-order valence-electron chi connectivity index (χ0n) is 15.0. The van der Waals surface area contributed by atoms with E-state index in [0.29, 0.717) is 19.5 Å². The number of ether oxygens (including phenoxy) is 2. The van der Waals surface area contributed by atoms with Crippen LogP contribution < -0.4 is 5.32 Å². The van der Waals surface area contributed by atoms with Gasteiger partial charge in [-0.05, 0) is 31.0 Å². The van der Waals surface area contributed by atoms with Crippen molar-refractivity contribution >= 4 is 18.1 Å². The lowest BCUT2D eigenvalue weighted by Crippen LogP contribution is -2.44. The van der Waals surface area contributed by atoms with Crippen LogP contribution in [0.5, 0.6) is 0 Å². The quantitative estimate of drug-likeness (QED) is 0.749. The second kappa shape index (κ2) is 8.24. The molecule has 3 rings (SSSR count). The van der Waals surface area contributed by atoms with Crippen LogP contribution in [0.15, 0.2) is 24.3 Å². The molecule has 0 spiro atoms. The molecule has 2 fully saturated rings. The molecule has 2 aliphatic heterocycles. The second-order valence-electron chi connectivity index (χ2n) is 6.43. The number of hydrogen-bond acceptors (Lipinski definition) is 5. The molecule has 2 saturated heterocycles. The van der Waals surface area contributed by atoms with Crippen molar-refractivity contribution in [3.63, 3.8) is 0 Å². The number of nitrogens with one attached hydrogen (secondary N) is 1. The van der Waals surface area contributed by atoms with E-state index in [1.54, 1.807) is 24.0 Å². The van der Waals surface area contributed by atoms with E-state index in [2.05, 4.69) is 5.32 Å². The number of carbonyl (C=O) groups is 3. The fourth-order valence-corrected chi connectivity index (χ4v) is 3.30. The largest absolute Gasteiger partial charge is 0.465 e. The minimum Gasteiger partial charge on any atom is -0.465 e. The topological polar surface area (TPSA) is 88.2 Å². The van der Waals surface area contributed by atoms with Crippen LogP contribution in [0.25, 0.3) is 0 Å². The van der Waals surface area contributed by atoms with Gasteiger partial charge >= 0.3 is 18.1 Å². The maximum absolute atomic E-state index is 13.0. The number of nitrogens with zero attached hydrogens (tertiary/aromatic N) is 2. The summed E-state index contributed by atoms with van der Waals surface area (Å²) in [6.07, 6.45) is -0.231. The summed E-state index contributed by atoms with van der Waals surface area (Å²) in [4.78, 5) is 38.7. The molecule has 146 valence electrons. The molecule has 1 N–H and O–H groups in total.